The minimum Gasteiger partial charge on any atom is -0.458 e. The lowest BCUT2D eigenvalue weighted by Gasteiger charge is -2.43. The molecule has 2 rings (SSSR count). The monoisotopic (exact) mass is 668 g/mol. The number of halogens is 20. The van der Waals surface area contributed by atoms with Gasteiger partial charge in [-0.1, -0.05) is 13.8 Å². The zero-order chi connectivity index (χ0) is 33.7. The largest absolute Gasteiger partial charge is 0.460 e. The van der Waals surface area contributed by atoms with Gasteiger partial charge in [-0.25, -0.2) is 0 Å². The zero-order valence-electron chi connectivity index (χ0n) is 20.3. The molecule has 0 N–H and O–H groups in total. The molecule has 0 amide bonds. The molecule has 0 spiro atoms. The maximum absolute atomic E-state index is 14.0. The number of alkyl halides is 20. The molecule has 42 heavy (non-hydrogen) atoms. The summed E-state index contributed by atoms with van der Waals surface area (Å²) in [5.41, 5.74) is -3.71. The van der Waals surface area contributed by atoms with Gasteiger partial charge in [-0.2, -0.15) is 87.8 Å². The van der Waals surface area contributed by atoms with E-state index in [1.165, 1.54) is 13.8 Å². The summed E-state index contributed by atoms with van der Waals surface area (Å²) in [5, 5.41) is 0. The summed E-state index contributed by atoms with van der Waals surface area (Å²) in [6.07, 6.45) is -15.1. The van der Waals surface area contributed by atoms with E-state index in [-0.39, 0.29) is 6.42 Å². The molecule has 0 radical (unpaired) electrons. The second-order valence-corrected chi connectivity index (χ2v) is 10.2. The molecule has 2 fully saturated rings. The van der Waals surface area contributed by atoms with Crippen molar-refractivity contribution < 1.29 is 97.3 Å². The topological polar surface area (TPSA) is 26.3 Å². The molecule has 2 nitrogen and oxygen atoms in total. The molecule has 22 heteroatoms. The number of carbonyl (C=O) groups excluding carboxylic acids is 1. The van der Waals surface area contributed by atoms with Crippen molar-refractivity contribution >= 4 is 5.97 Å². The number of esters is 1. The Labute approximate surface area is 220 Å². The summed E-state index contributed by atoms with van der Waals surface area (Å²) in [7, 11) is 0. The number of rotatable bonds is 9. The highest BCUT2D eigenvalue weighted by Crippen LogP contribution is 2.67. The van der Waals surface area contributed by atoms with Crippen LogP contribution in [0.15, 0.2) is 0 Å². The van der Waals surface area contributed by atoms with E-state index < -0.39 is 102 Å². The SMILES string of the molecule is CC1C2CC(C1C)C(C(=O)OCC(F)(F)C(F)(F)C(F)(F)C(F)(F)C(F)(F)C(F)(F)C(F)(F)C(F)(F)F)(C(F)(F)F)C2. The molecule has 2 bridgehead atoms. The fourth-order valence-electron chi connectivity index (χ4n) is 5.28. The van der Waals surface area contributed by atoms with Crippen molar-refractivity contribution in [2.45, 2.75) is 80.5 Å². The fourth-order valence-corrected chi connectivity index (χ4v) is 5.28. The van der Waals surface area contributed by atoms with Crippen LogP contribution >= 0.6 is 0 Å². The Bertz CT molecular complexity index is 1040. The Balaban J connectivity index is 2.46. The van der Waals surface area contributed by atoms with Gasteiger partial charge >= 0.3 is 59.8 Å². The van der Waals surface area contributed by atoms with Crippen LogP contribution in [-0.2, 0) is 9.53 Å². The van der Waals surface area contributed by atoms with Crippen molar-refractivity contribution in [1.82, 2.24) is 0 Å². The lowest BCUT2D eigenvalue weighted by atomic mass is 9.65. The molecule has 2 aliphatic rings. The molecule has 0 aromatic heterocycles. The average molecular weight is 668 g/mol. The highest BCUT2D eigenvalue weighted by Gasteiger charge is 2.95. The standard InChI is InChI=1S/C20H16F20O2/c1-6-7(2)9-3-8(6)4-11(9,19(35,36)37)10(41)42-5-12(21,22)13(23,24)14(25,26)15(27,28)16(29,30)17(31,32)18(33,34)20(38,39)40/h6-9H,3-5H2,1-2H3. The van der Waals surface area contributed by atoms with Gasteiger partial charge in [0.25, 0.3) is 0 Å². The summed E-state index contributed by atoms with van der Waals surface area (Å²) in [6, 6.07) is 0. The number of hydrogen-bond donors (Lipinski definition) is 0. The first-order valence-electron chi connectivity index (χ1n) is 11.1. The second-order valence-electron chi connectivity index (χ2n) is 10.2. The molecule has 5 atom stereocenters. The molecular formula is C20H16F20O2. The van der Waals surface area contributed by atoms with Crippen LogP contribution in [-0.4, -0.2) is 66.4 Å². The van der Waals surface area contributed by atoms with E-state index in [0.717, 1.165) is 0 Å². The van der Waals surface area contributed by atoms with Crippen molar-refractivity contribution in [3.05, 3.63) is 0 Å². The van der Waals surface area contributed by atoms with Crippen LogP contribution in [0, 0.1) is 29.1 Å². The fraction of sp³-hybridized carbons (Fsp3) is 0.950. The molecule has 2 saturated carbocycles. The van der Waals surface area contributed by atoms with Gasteiger partial charge in [-0.05, 0) is 36.5 Å². The molecule has 0 aliphatic heterocycles. The first kappa shape index (κ1) is 36.3. The lowest BCUT2D eigenvalue weighted by molar-refractivity contribution is -0.462. The van der Waals surface area contributed by atoms with Crippen molar-refractivity contribution in [2.75, 3.05) is 6.61 Å². The summed E-state index contributed by atoms with van der Waals surface area (Å²) >= 11 is 0. The lowest BCUT2D eigenvalue weighted by Crippen LogP contribution is -2.74. The second kappa shape index (κ2) is 9.53. The summed E-state index contributed by atoms with van der Waals surface area (Å²) in [6.45, 7) is -1.10. The summed E-state index contributed by atoms with van der Waals surface area (Å²) in [4.78, 5) is 12.3. The van der Waals surface area contributed by atoms with Gasteiger partial charge in [0.2, 0.25) is 0 Å². The van der Waals surface area contributed by atoms with E-state index in [0.29, 0.717) is 0 Å². The Morgan fingerprint density at radius 1 is 0.619 bits per heavy atom. The van der Waals surface area contributed by atoms with Gasteiger partial charge in [0.1, 0.15) is 0 Å². The van der Waals surface area contributed by atoms with Crippen LogP contribution in [0.25, 0.3) is 0 Å². The minimum atomic E-state index is -8.85. The van der Waals surface area contributed by atoms with Crippen molar-refractivity contribution in [3.63, 3.8) is 0 Å². The van der Waals surface area contributed by atoms with Crippen molar-refractivity contribution in [3.8, 4) is 0 Å². The van der Waals surface area contributed by atoms with Crippen molar-refractivity contribution in [1.29, 1.82) is 0 Å². The number of hydrogen-bond acceptors (Lipinski definition) is 2. The first-order chi connectivity index (χ1) is 18.1. The highest BCUT2D eigenvalue weighted by atomic mass is 19.4. The molecule has 0 saturated heterocycles. The normalized spacial score (nSPS) is 28.8. The van der Waals surface area contributed by atoms with Gasteiger partial charge in [0.15, 0.2) is 12.0 Å². The molecule has 0 aromatic carbocycles. The maximum atomic E-state index is 14.0. The molecular weight excluding hydrogens is 652 g/mol. The Hall–Kier alpha value is -1.93. The third kappa shape index (κ3) is 4.40. The third-order valence-corrected chi connectivity index (χ3v) is 8.02. The smallest absolute Gasteiger partial charge is 0.458 e. The third-order valence-electron chi connectivity index (χ3n) is 8.02. The van der Waals surface area contributed by atoms with Crippen molar-refractivity contribution in [2.24, 2.45) is 29.1 Å². The van der Waals surface area contributed by atoms with Crippen LogP contribution in [0.2, 0.25) is 0 Å². The highest BCUT2D eigenvalue weighted by molar-refractivity contribution is 5.79. The van der Waals surface area contributed by atoms with Crippen LogP contribution in [0.3, 0.4) is 0 Å². The van der Waals surface area contributed by atoms with Crippen LogP contribution in [0.1, 0.15) is 26.7 Å². The number of ether oxygens (including phenoxy) is 1. The summed E-state index contributed by atoms with van der Waals surface area (Å²) < 4.78 is 272. The minimum absolute atomic E-state index is 0.389. The average Bonchev–Trinajstić information content (AvgIpc) is 3.33. The van der Waals surface area contributed by atoms with Gasteiger partial charge in [0.05, 0.1) is 0 Å². The van der Waals surface area contributed by atoms with Gasteiger partial charge in [0, 0.05) is 0 Å². The van der Waals surface area contributed by atoms with E-state index in [4.69, 9.17) is 0 Å². The number of fused-ring (bicyclic) bond motifs is 2. The predicted octanol–water partition coefficient (Wildman–Crippen LogP) is 8.40. The zero-order valence-corrected chi connectivity index (χ0v) is 20.3. The van der Waals surface area contributed by atoms with E-state index in [9.17, 15) is 92.6 Å². The van der Waals surface area contributed by atoms with Crippen LogP contribution < -0.4 is 0 Å². The molecule has 5 unspecified atom stereocenters. The van der Waals surface area contributed by atoms with E-state index >= 15 is 0 Å². The Morgan fingerprint density at radius 3 is 1.33 bits per heavy atom. The van der Waals surface area contributed by atoms with Gasteiger partial charge in [-0.3, -0.25) is 4.79 Å². The van der Waals surface area contributed by atoms with E-state index in [1.807, 2.05) is 0 Å². The van der Waals surface area contributed by atoms with Crippen LogP contribution in [0.4, 0.5) is 87.8 Å². The number of carbonyl (C=O) groups is 1. The molecule has 0 aromatic rings. The first-order valence-corrected chi connectivity index (χ1v) is 11.1. The van der Waals surface area contributed by atoms with Gasteiger partial charge < -0.3 is 4.74 Å². The Morgan fingerprint density at radius 2 is 1.00 bits per heavy atom. The van der Waals surface area contributed by atoms with Gasteiger partial charge in [-0.15, -0.1) is 0 Å². The van der Waals surface area contributed by atoms with Crippen LogP contribution in [0.5, 0.6) is 0 Å². The quantitative estimate of drug-likeness (QED) is 0.182. The molecule has 0 heterocycles. The summed E-state index contributed by atoms with van der Waals surface area (Å²) in [5.74, 6) is -65.7. The van der Waals surface area contributed by atoms with E-state index in [2.05, 4.69) is 4.74 Å². The molecule has 248 valence electrons. The Kier molecular flexibility index (Phi) is 8.23. The maximum Gasteiger partial charge on any atom is 0.460 e. The molecule has 2 aliphatic carbocycles. The predicted molar refractivity (Wildman–Crippen MR) is 94.7 cm³/mol. The van der Waals surface area contributed by atoms with E-state index in [1.54, 1.807) is 0 Å².